The summed E-state index contributed by atoms with van der Waals surface area (Å²) in [5, 5.41) is 2.77. The summed E-state index contributed by atoms with van der Waals surface area (Å²) in [4.78, 5) is 18.2. The highest BCUT2D eigenvalue weighted by Crippen LogP contribution is 2.35. The Labute approximate surface area is 183 Å². The first-order valence-corrected chi connectivity index (χ1v) is 9.67. The van der Waals surface area contributed by atoms with Crippen molar-refractivity contribution in [2.75, 3.05) is 18.9 Å². The van der Waals surface area contributed by atoms with Gasteiger partial charge in [0.15, 0.2) is 11.5 Å². The minimum Gasteiger partial charge on any atom is -0.405 e. The van der Waals surface area contributed by atoms with Crippen molar-refractivity contribution in [2.24, 2.45) is 11.5 Å². The fourth-order valence-electron chi connectivity index (χ4n) is 3.13. The third-order valence-corrected chi connectivity index (χ3v) is 4.45. The van der Waals surface area contributed by atoms with E-state index in [0.29, 0.717) is 24.9 Å². The third kappa shape index (κ3) is 7.07. The highest BCUT2D eigenvalue weighted by atomic mass is 19.4. The summed E-state index contributed by atoms with van der Waals surface area (Å²) >= 11 is 0. The van der Waals surface area contributed by atoms with Gasteiger partial charge in [-0.2, -0.15) is 13.2 Å². The van der Waals surface area contributed by atoms with Gasteiger partial charge < -0.3 is 36.7 Å². The Balaban J connectivity index is 0.000000278. The van der Waals surface area contributed by atoms with Crippen molar-refractivity contribution in [2.45, 2.75) is 50.5 Å². The normalized spacial score (nSPS) is 25.0. The van der Waals surface area contributed by atoms with Crippen LogP contribution in [-0.4, -0.2) is 53.1 Å². The van der Waals surface area contributed by atoms with Crippen LogP contribution in [0.1, 0.15) is 26.0 Å². The molecule has 0 aliphatic carbocycles. The van der Waals surface area contributed by atoms with Gasteiger partial charge in [-0.3, -0.25) is 9.78 Å². The molecule has 0 spiro atoms. The van der Waals surface area contributed by atoms with Gasteiger partial charge in [0.2, 0.25) is 0 Å². The molecule has 10 nitrogen and oxygen atoms in total. The number of fused-ring (bicyclic) bond motifs is 1. The summed E-state index contributed by atoms with van der Waals surface area (Å²) in [5.41, 5.74) is 14.9. The van der Waals surface area contributed by atoms with Crippen LogP contribution in [0.5, 0.6) is 0 Å². The van der Waals surface area contributed by atoms with E-state index in [0.717, 1.165) is 12.6 Å². The number of amides is 1. The number of nitrogen functional groups attached to an aromatic ring is 1. The van der Waals surface area contributed by atoms with Crippen molar-refractivity contribution < 1.29 is 32.2 Å². The molecule has 3 unspecified atom stereocenters. The molecule has 2 saturated heterocycles. The lowest BCUT2D eigenvalue weighted by Gasteiger charge is -2.31. The van der Waals surface area contributed by atoms with E-state index in [2.05, 4.69) is 15.3 Å². The Bertz CT molecular complexity index is 847. The van der Waals surface area contributed by atoms with E-state index in [4.69, 9.17) is 31.4 Å². The van der Waals surface area contributed by atoms with Gasteiger partial charge >= 0.3 is 6.18 Å². The number of hydrogen-bond acceptors (Lipinski definition) is 9. The third-order valence-electron chi connectivity index (χ3n) is 4.45. The van der Waals surface area contributed by atoms with Gasteiger partial charge in [0.25, 0.3) is 5.91 Å². The second kappa shape index (κ2) is 10.6. The predicted octanol–water partition coefficient (Wildman–Crippen LogP) is 0.804. The zero-order valence-electron chi connectivity index (χ0n) is 17.6. The molecule has 0 bridgehead atoms. The largest absolute Gasteiger partial charge is 0.434 e. The quantitative estimate of drug-likeness (QED) is 0.376. The number of rotatable bonds is 4. The first-order valence-electron chi connectivity index (χ1n) is 9.67. The number of nitrogens with one attached hydrogen (secondary N) is 1. The fraction of sp³-hybridized carbons (Fsp3) is 0.526. The second-order valence-corrected chi connectivity index (χ2v) is 7.35. The maximum atomic E-state index is 11.9. The first kappa shape index (κ1) is 25.4. The predicted molar refractivity (Wildman–Crippen MR) is 108 cm³/mol. The van der Waals surface area contributed by atoms with Crippen molar-refractivity contribution in [3.8, 4) is 0 Å². The summed E-state index contributed by atoms with van der Waals surface area (Å²) in [5.74, 6) is -1.15. The van der Waals surface area contributed by atoms with E-state index in [1.54, 1.807) is 0 Å². The Morgan fingerprint density at radius 2 is 2.03 bits per heavy atom. The summed E-state index contributed by atoms with van der Waals surface area (Å²) in [7, 11) is 0. The van der Waals surface area contributed by atoms with Crippen LogP contribution in [-0.2, 0) is 25.2 Å². The molecule has 2 fully saturated rings. The Morgan fingerprint density at radius 1 is 1.31 bits per heavy atom. The smallest absolute Gasteiger partial charge is 0.405 e. The van der Waals surface area contributed by atoms with Crippen LogP contribution < -0.4 is 22.5 Å². The molecular weight excluding hydrogens is 433 g/mol. The van der Waals surface area contributed by atoms with Gasteiger partial charge in [-0.25, -0.2) is 4.98 Å². The Morgan fingerprint density at radius 3 is 2.59 bits per heavy atom. The van der Waals surface area contributed by atoms with Crippen molar-refractivity contribution in [1.82, 2.24) is 15.3 Å². The molecule has 0 saturated carbocycles. The van der Waals surface area contributed by atoms with Gasteiger partial charge in [-0.15, -0.1) is 0 Å². The maximum Gasteiger partial charge on any atom is 0.434 e. The van der Waals surface area contributed by atoms with E-state index < -0.39 is 17.7 Å². The lowest BCUT2D eigenvalue weighted by molar-refractivity contribution is -0.153. The van der Waals surface area contributed by atoms with E-state index in [1.807, 2.05) is 13.8 Å². The average molecular weight is 460 g/mol. The van der Waals surface area contributed by atoms with Gasteiger partial charge in [0.1, 0.15) is 18.0 Å². The van der Waals surface area contributed by atoms with Crippen LogP contribution in [0.25, 0.3) is 0 Å². The molecule has 0 aromatic carbocycles. The van der Waals surface area contributed by atoms with E-state index in [1.165, 1.54) is 18.5 Å². The molecule has 2 aliphatic heterocycles. The summed E-state index contributed by atoms with van der Waals surface area (Å²) in [6, 6.07) is 0. The van der Waals surface area contributed by atoms with Crippen LogP contribution in [0, 0.1) is 0 Å². The molecule has 1 aromatic heterocycles. The first-order chi connectivity index (χ1) is 15.0. The van der Waals surface area contributed by atoms with Crippen LogP contribution in [0.15, 0.2) is 36.4 Å². The van der Waals surface area contributed by atoms with E-state index >= 15 is 0 Å². The lowest BCUT2D eigenvalue weighted by Crippen LogP contribution is -2.49. The summed E-state index contributed by atoms with van der Waals surface area (Å²) in [6.07, 6.45) is 1.50. The van der Waals surface area contributed by atoms with Gasteiger partial charge in [-0.1, -0.05) is 0 Å². The molecule has 13 heteroatoms. The molecule has 178 valence electrons. The molecule has 3 rings (SSSR count). The number of hydrogen-bond donors (Lipinski definition) is 4. The molecule has 7 N–H and O–H groups in total. The monoisotopic (exact) mass is 460 g/mol. The minimum atomic E-state index is -4.47. The number of carbonyl (C=O) groups excluding carboxylic acids is 1. The van der Waals surface area contributed by atoms with Gasteiger partial charge in [0, 0.05) is 19.4 Å². The topological polar surface area (TPSA) is 161 Å². The molecular formula is C19H27F3N6O4. The zero-order chi connectivity index (χ0) is 23.9. The van der Waals surface area contributed by atoms with E-state index in [9.17, 15) is 18.0 Å². The molecule has 1 aromatic rings. The summed E-state index contributed by atoms with van der Waals surface area (Å²) in [6.45, 7) is 4.67. The highest BCUT2D eigenvalue weighted by Gasteiger charge is 2.47. The molecule has 3 heterocycles. The number of aromatic nitrogens is 2. The van der Waals surface area contributed by atoms with Crippen molar-refractivity contribution in [1.29, 1.82) is 0 Å². The summed E-state index contributed by atoms with van der Waals surface area (Å²) < 4.78 is 52.8. The fourth-order valence-corrected chi connectivity index (χ4v) is 3.13. The Hall–Kier alpha value is -2.90. The highest BCUT2D eigenvalue weighted by molar-refractivity contribution is 5.95. The number of halogens is 3. The van der Waals surface area contributed by atoms with Crippen LogP contribution in [0.4, 0.5) is 19.0 Å². The second-order valence-electron chi connectivity index (χ2n) is 7.35. The van der Waals surface area contributed by atoms with E-state index in [-0.39, 0.29) is 30.0 Å². The molecule has 0 radical (unpaired) electrons. The van der Waals surface area contributed by atoms with Crippen molar-refractivity contribution in [3.63, 3.8) is 0 Å². The number of alkyl halides is 3. The molecule has 1 amide bonds. The number of nitrogens with two attached hydrogens (primary N) is 3. The SMILES string of the molecule is CC1(C)OC2CCOC(CNC(=O)C(/C=C\N)=C/N)C2O1.Nc1cncc(C(F)(F)F)n1. The number of carbonyl (C=O) groups is 1. The van der Waals surface area contributed by atoms with Crippen LogP contribution in [0.3, 0.4) is 0 Å². The number of nitrogens with zero attached hydrogens (tertiary/aromatic N) is 2. The maximum absolute atomic E-state index is 11.9. The van der Waals surface area contributed by atoms with Crippen LogP contribution >= 0.6 is 0 Å². The van der Waals surface area contributed by atoms with Gasteiger partial charge in [0.05, 0.1) is 24.1 Å². The van der Waals surface area contributed by atoms with Crippen molar-refractivity contribution >= 4 is 11.7 Å². The molecule has 3 atom stereocenters. The number of ether oxygens (including phenoxy) is 3. The average Bonchev–Trinajstić information content (AvgIpc) is 3.04. The standard InChI is InChI=1S/C14H23N3O4.C5H4F3N3/c1-14(2)20-10-4-6-19-11(12(10)21-14)8-17-13(18)9(7-16)3-5-15;6-5(7,8)3-1-10-2-4(9)11-3/h3,5,7,10-12H,4,6,8,15-16H2,1-2H3,(H,17,18);1-2H,(H2,9,11)/b5-3-,9-7+;. The molecule has 2 aliphatic rings. The number of anilines is 1. The van der Waals surface area contributed by atoms with Crippen LogP contribution in [0.2, 0.25) is 0 Å². The molecule has 32 heavy (non-hydrogen) atoms. The Kier molecular flexibility index (Phi) is 8.41. The van der Waals surface area contributed by atoms with Crippen molar-refractivity contribution in [3.05, 3.63) is 42.1 Å². The minimum absolute atomic E-state index is 0.00381. The zero-order valence-corrected chi connectivity index (χ0v) is 17.6. The van der Waals surface area contributed by atoms with Gasteiger partial charge in [-0.05, 0) is 32.5 Å². The lowest BCUT2D eigenvalue weighted by atomic mass is 10.0.